The first-order chi connectivity index (χ1) is 15.9. The molecule has 172 valence electrons. The number of aromatic nitrogens is 4. The van der Waals surface area contributed by atoms with Gasteiger partial charge in [0.1, 0.15) is 0 Å². The molecule has 9 heteroatoms. The monoisotopic (exact) mass is 465 g/mol. The van der Waals surface area contributed by atoms with Gasteiger partial charge >= 0.3 is 0 Å². The fourth-order valence-electron chi connectivity index (χ4n) is 4.26. The molecule has 1 amide bonds. The van der Waals surface area contributed by atoms with E-state index in [1.54, 1.807) is 6.20 Å². The summed E-state index contributed by atoms with van der Waals surface area (Å²) >= 11 is 6.07. The molecule has 0 radical (unpaired) electrons. The average Bonchev–Trinajstić information content (AvgIpc) is 2.79. The van der Waals surface area contributed by atoms with Crippen molar-refractivity contribution in [2.45, 2.75) is 45.6 Å². The predicted octanol–water partition coefficient (Wildman–Crippen LogP) is 4.34. The Balaban J connectivity index is 1.53. The van der Waals surface area contributed by atoms with E-state index in [0.29, 0.717) is 30.5 Å². The van der Waals surface area contributed by atoms with Gasteiger partial charge in [0.15, 0.2) is 0 Å². The van der Waals surface area contributed by atoms with Gasteiger partial charge in [-0.25, -0.2) is 19.9 Å². The fourth-order valence-corrected chi connectivity index (χ4v) is 4.39. The summed E-state index contributed by atoms with van der Waals surface area (Å²) in [6.45, 7) is 5.00. The van der Waals surface area contributed by atoms with Crippen LogP contribution in [0.1, 0.15) is 48.8 Å². The molecule has 1 aliphatic heterocycles. The highest BCUT2D eigenvalue weighted by molar-refractivity contribution is 6.30. The molecule has 1 aliphatic rings. The van der Waals surface area contributed by atoms with Gasteiger partial charge in [-0.2, -0.15) is 0 Å². The predicted molar refractivity (Wildman–Crippen MR) is 130 cm³/mol. The first kappa shape index (κ1) is 22.9. The quantitative estimate of drug-likeness (QED) is 0.557. The Morgan fingerprint density at radius 2 is 1.88 bits per heavy atom. The van der Waals surface area contributed by atoms with Crippen molar-refractivity contribution in [3.63, 3.8) is 0 Å². The zero-order valence-corrected chi connectivity index (χ0v) is 19.6. The molecule has 3 aromatic rings. The number of nitrogens with two attached hydrogens (primary N) is 1. The number of likely N-dealkylation sites (tertiary alicyclic amines) is 1. The van der Waals surface area contributed by atoms with Crippen LogP contribution in [0.15, 0.2) is 36.5 Å². The number of benzene rings is 1. The van der Waals surface area contributed by atoms with Gasteiger partial charge in [-0.3, -0.25) is 4.79 Å². The third kappa shape index (κ3) is 5.57. The molecule has 1 unspecified atom stereocenters. The molecule has 1 saturated heterocycles. The standard InChI is InChI=1S/C24H28ClN7O/c1-15-13-16(2)30-24(29-15)27-11-10-21(33)32-12-4-3-5-20(32)22-19(14-28-23(26)31-22)17-6-8-18(25)9-7-17/h6-9,13-14,20H,3-5,10-12H2,1-2H3,(H2,26,28,31)(H,27,29,30). The van der Waals surface area contributed by atoms with E-state index in [2.05, 4.69) is 25.3 Å². The summed E-state index contributed by atoms with van der Waals surface area (Å²) in [5.74, 6) is 0.814. The zero-order valence-electron chi connectivity index (χ0n) is 18.9. The van der Waals surface area contributed by atoms with Crippen LogP contribution in [0.25, 0.3) is 11.1 Å². The van der Waals surface area contributed by atoms with Crippen molar-refractivity contribution >= 4 is 29.4 Å². The second-order valence-corrected chi connectivity index (χ2v) is 8.72. The summed E-state index contributed by atoms with van der Waals surface area (Å²) < 4.78 is 0. The smallest absolute Gasteiger partial charge is 0.224 e. The number of carbonyl (C=O) groups excluding carboxylic acids is 1. The van der Waals surface area contributed by atoms with E-state index < -0.39 is 0 Å². The van der Waals surface area contributed by atoms with Gasteiger partial charge in [0.05, 0.1) is 11.7 Å². The summed E-state index contributed by atoms with van der Waals surface area (Å²) in [5.41, 5.74) is 10.3. The van der Waals surface area contributed by atoms with Crippen LogP contribution in [-0.4, -0.2) is 43.8 Å². The molecule has 8 nitrogen and oxygen atoms in total. The zero-order chi connectivity index (χ0) is 23.4. The van der Waals surface area contributed by atoms with Crippen molar-refractivity contribution in [3.05, 3.63) is 58.6 Å². The van der Waals surface area contributed by atoms with E-state index in [1.807, 2.05) is 49.1 Å². The molecule has 3 N–H and O–H groups in total. The molecule has 1 atom stereocenters. The lowest BCUT2D eigenvalue weighted by atomic mass is 9.93. The van der Waals surface area contributed by atoms with Crippen molar-refractivity contribution in [2.75, 3.05) is 24.1 Å². The summed E-state index contributed by atoms with van der Waals surface area (Å²) in [5, 5.41) is 3.83. The molecule has 2 aromatic heterocycles. The number of halogens is 1. The van der Waals surface area contributed by atoms with Crippen LogP contribution < -0.4 is 11.1 Å². The highest BCUT2D eigenvalue weighted by Gasteiger charge is 2.31. The Kier molecular flexibility index (Phi) is 7.03. The Labute approximate surface area is 198 Å². The molecule has 0 saturated carbocycles. The molecule has 33 heavy (non-hydrogen) atoms. The number of nitrogen functional groups attached to an aromatic ring is 1. The largest absolute Gasteiger partial charge is 0.368 e. The number of nitrogens with zero attached hydrogens (tertiary/aromatic N) is 5. The fraction of sp³-hybridized carbons (Fsp3) is 0.375. The average molecular weight is 466 g/mol. The third-order valence-corrected chi connectivity index (χ3v) is 5.99. The summed E-state index contributed by atoms with van der Waals surface area (Å²) in [7, 11) is 0. The molecular weight excluding hydrogens is 438 g/mol. The van der Waals surface area contributed by atoms with E-state index in [4.69, 9.17) is 17.3 Å². The van der Waals surface area contributed by atoms with Crippen LogP contribution in [0.2, 0.25) is 5.02 Å². The van der Waals surface area contributed by atoms with Gasteiger partial charge in [-0.05, 0) is 56.9 Å². The summed E-state index contributed by atoms with van der Waals surface area (Å²) in [4.78, 5) is 32.7. The molecule has 0 aliphatic carbocycles. The number of hydrogen-bond donors (Lipinski definition) is 2. The second-order valence-electron chi connectivity index (χ2n) is 8.28. The molecule has 0 bridgehead atoms. The maximum absolute atomic E-state index is 13.2. The SMILES string of the molecule is Cc1cc(C)nc(NCCC(=O)N2CCCCC2c2nc(N)ncc2-c2ccc(Cl)cc2)n1. The highest BCUT2D eigenvalue weighted by atomic mass is 35.5. The van der Waals surface area contributed by atoms with Gasteiger partial charge in [-0.15, -0.1) is 0 Å². The first-order valence-electron chi connectivity index (χ1n) is 11.1. The van der Waals surface area contributed by atoms with Crippen LogP contribution in [0, 0.1) is 13.8 Å². The number of piperidine rings is 1. The number of amides is 1. The molecule has 4 rings (SSSR count). The van der Waals surface area contributed by atoms with Crippen LogP contribution in [0.3, 0.4) is 0 Å². The van der Waals surface area contributed by atoms with Crippen molar-refractivity contribution in [2.24, 2.45) is 0 Å². The van der Waals surface area contributed by atoms with E-state index in [9.17, 15) is 4.79 Å². The number of aryl methyl sites for hydroxylation is 2. The van der Waals surface area contributed by atoms with E-state index in [1.165, 1.54) is 0 Å². The van der Waals surface area contributed by atoms with Crippen LogP contribution in [0.5, 0.6) is 0 Å². The van der Waals surface area contributed by atoms with Crippen LogP contribution in [0.4, 0.5) is 11.9 Å². The minimum atomic E-state index is -0.153. The lowest BCUT2D eigenvalue weighted by Crippen LogP contribution is -2.40. The van der Waals surface area contributed by atoms with Crippen LogP contribution in [-0.2, 0) is 4.79 Å². The number of rotatable bonds is 6. The van der Waals surface area contributed by atoms with Crippen molar-refractivity contribution in [1.82, 2.24) is 24.8 Å². The summed E-state index contributed by atoms with van der Waals surface area (Å²) in [6.07, 6.45) is 4.89. The maximum Gasteiger partial charge on any atom is 0.224 e. The lowest BCUT2D eigenvalue weighted by Gasteiger charge is -2.36. The maximum atomic E-state index is 13.2. The van der Waals surface area contributed by atoms with Crippen molar-refractivity contribution in [1.29, 1.82) is 0 Å². The number of hydrogen-bond acceptors (Lipinski definition) is 7. The second kappa shape index (κ2) is 10.1. The first-order valence-corrected chi connectivity index (χ1v) is 11.5. The number of anilines is 2. The van der Waals surface area contributed by atoms with Gasteiger partial charge in [-0.1, -0.05) is 23.7 Å². The van der Waals surface area contributed by atoms with E-state index >= 15 is 0 Å². The highest BCUT2D eigenvalue weighted by Crippen LogP contribution is 2.36. The summed E-state index contributed by atoms with van der Waals surface area (Å²) in [6, 6.07) is 9.30. The Morgan fingerprint density at radius 1 is 1.15 bits per heavy atom. The molecule has 3 heterocycles. The van der Waals surface area contributed by atoms with Gasteiger partial charge in [0.25, 0.3) is 0 Å². The Bertz CT molecular complexity index is 1120. The molecular formula is C24H28ClN7O. The molecule has 1 aromatic carbocycles. The van der Waals surface area contributed by atoms with Gasteiger partial charge in [0, 0.05) is 47.7 Å². The van der Waals surface area contributed by atoms with E-state index in [0.717, 1.165) is 47.5 Å². The van der Waals surface area contributed by atoms with Crippen molar-refractivity contribution < 1.29 is 4.79 Å². The van der Waals surface area contributed by atoms with Gasteiger partial charge in [0.2, 0.25) is 17.8 Å². The Morgan fingerprint density at radius 3 is 2.61 bits per heavy atom. The molecule has 1 fully saturated rings. The topological polar surface area (TPSA) is 110 Å². The number of nitrogens with one attached hydrogen (secondary N) is 1. The van der Waals surface area contributed by atoms with Crippen molar-refractivity contribution in [3.8, 4) is 11.1 Å². The normalized spacial score (nSPS) is 16.0. The minimum absolute atomic E-state index is 0.0656. The third-order valence-electron chi connectivity index (χ3n) is 5.74. The van der Waals surface area contributed by atoms with Crippen LogP contribution >= 0.6 is 11.6 Å². The molecule has 0 spiro atoms. The Hall–Kier alpha value is -3.26. The number of carbonyl (C=O) groups is 1. The van der Waals surface area contributed by atoms with E-state index in [-0.39, 0.29) is 17.9 Å². The minimum Gasteiger partial charge on any atom is -0.368 e. The lowest BCUT2D eigenvalue weighted by molar-refractivity contribution is -0.134. The van der Waals surface area contributed by atoms with Gasteiger partial charge < -0.3 is 16.0 Å².